The molecular formula is C19H16ClN3O. The first-order valence-corrected chi connectivity index (χ1v) is 8.23. The van der Waals surface area contributed by atoms with Crippen molar-refractivity contribution in [2.45, 2.75) is 13.3 Å². The minimum atomic E-state index is -0.223. The number of benzene rings is 2. The van der Waals surface area contributed by atoms with Crippen LogP contribution in [0.1, 0.15) is 21.5 Å². The molecular weight excluding hydrogens is 322 g/mol. The van der Waals surface area contributed by atoms with Gasteiger partial charge in [-0.15, -0.1) is 0 Å². The fourth-order valence-electron chi connectivity index (χ4n) is 3.00. The first kappa shape index (κ1) is 15.0. The van der Waals surface area contributed by atoms with E-state index in [9.17, 15) is 4.79 Å². The van der Waals surface area contributed by atoms with Crippen LogP contribution >= 0.6 is 11.6 Å². The lowest BCUT2D eigenvalue weighted by Crippen LogP contribution is -2.41. The summed E-state index contributed by atoms with van der Waals surface area (Å²) < 4.78 is 0. The number of anilines is 1. The van der Waals surface area contributed by atoms with Crippen LogP contribution in [0.15, 0.2) is 48.5 Å². The average molecular weight is 338 g/mol. The van der Waals surface area contributed by atoms with E-state index in [1.54, 1.807) is 24.3 Å². The molecule has 1 aliphatic rings. The molecule has 3 aromatic rings. The summed E-state index contributed by atoms with van der Waals surface area (Å²) in [5.41, 5.74) is 6.63. The van der Waals surface area contributed by atoms with Gasteiger partial charge < -0.3 is 0 Å². The molecule has 4 rings (SSSR count). The van der Waals surface area contributed by atoms with Crippen molar-refractivity contribution in [1.29, 1.82) is 0 Å². The van der Waals surface area contributed by atoms with Gasteiger partial charge in [0.2, 0.25) is 0 Å². The van der Waals surface area contributed by atoms with Crippen LogP contribution in [-0.4, -0.2) is 17.4 Å². The van der Waals surface area contributed by atoms with E-state index in [1.807, 2.05) is 11.9 Å². The summed E-state index contributed by atoms with van der Waals surface area (Å²) in [4.78, 5) is 17.2. The van der Waals surface area contributed by atoms with E-state index in [0.29, 0.717) is 17.1 Å². The normalized spacial score (nSPS) is 13.2. The number of aromatic nitrogens is 1. The van der Waals surface area contributed by atoms with Gasteiger partial charge in [-0.25, -0.2) is 4.98 Å². The predicted molar refractivity (Wildman–Crippen MR) is 96.4 cm³/mol. The number of halogens is 1. The Morgan fingerprint density at radius 3 is 2.88 bits per heavy atom. The molecule has 1 aliphatic heterocycles. The Kier molecular flexibility index (Phi) is 3.62. The number of nitrogens with zero attached hydrogens (tertiary/aromatic N) is 2. The molecule has 1 amide bonds. The second kappa shape index (κ2) is 5.80. The minimum Gasteiger partial charge on any atom is -0.267 e. The zero-order chi connectivity index (χ0) is 16.7. The highest BCUT2D eigenvalue weighted by Crippen LogP contribution is 2.29. The number of aryl methyl sites for hydroxylation is 1. The van der Waals surface area contributed by atoms with E-state index in [-0.39, 0.29) is 5.91 Å². The molecule has 0 atom stereocenters. The molecule has 0 saturated heterocycles. The van der Waals surface area contributed by atoms with E-state index < -0.39 is 0 Å². The quantitative estimate of drug-likeness (QED) is 0.771. The van der Waals surface area contributed by atoms with Gasteiger partial charge in [-0.2, -0.15) is 0 Å². The van der Waals surface area contributed by atoms with Crippen LogP contribution in [0, 0.1) is 6.92 Å². The lowest BCUT2D eigenvalue weighted by atomic mass is 10.1. The number of hydrogen-bond acceptors (Lipinski definition) is 3. The number of carbonyl (C=O) groups is 1. The predicted octanol–water partition coefficient (Wildman–Crippen LogP) is 3.90. The van der Waals surface area contributed by atoms with Crippen molar-refractivity contribution in [3.8, 4) is 0 Å². The Morgan fingerprint density at radius 1 is 1.21 bits per heavy atom. The van der Waals surface area contributed by atoms with E-state index in [0.717, 1.165) is 28.7 Å². The van der Waals surface area contributed by atoms with Crippen molar-refractivity contribution in [2.24, 2.45) is 0 Å². The maximum Gasteiger partial charge on any atom is 0.271 e. The molecule has 2 heterocycles. The van der Waals surface area contributed by atoms with Gasteiger partial charge in [0.1, 0.15) is 0 Å². The molecule has 0 spiro atoms. The third-order valence-electron chi connectivity index (χ3n) is 4.24. The lowest BCUT2D eigenvalue weighted by molar-refractivity contribution is 0.0949. The van der Waals surface area contributed by atoms with Crippen molar-refractivity contribution in [1.82, 2.24) is 10.4 Å². The first-order chi connectivity index (χ1) is 11.6. The monoisotopic (exact) mass is 337 g/mol. The topological polar surface area (TPSA) is 45.2 Å². The van der Waals surface area contributed by atoms with E-state index >= 15 is 0 Å². The summed E-state index contributed by atoms with van der Waals surface area (Å²) in [5.74, 6) is 0.591. The van der Waals surface area contributed by atoms with Crippen LogP contribution in [0.4, 0.5) is 5.82 Å². The zero-order valence-corrected chi connectivity index (χ0v) is 14.0. The van der Waals surface area contributed by atoms with E-state index in [4.69, 9.17) is 16.6 Å². The van der Waals surface area contributed by atoms with Gasteiger partial charge in [0, 0.05) is 11.9 Å². The van der Waals surface area contributed by atoms with Crippen molar-refractivity contribution >= 4 is 34.2 Å². The molecule has 24 heavy (non-hydrogen) atoms. The summed E-state index contributed by atoms with van der Waals surface area (Å²) >= 11 is 6.11. The van der Waals surface area contributed by atoms with Gasteiger partial charge >= 0.3 is 0 Å². The maximum atomic E-state index is 12.5. The Balaban J connectivity index is 1.66. The van der Waals surface area contributed by atoms with Gasteiger partial charge in [-0.05, 0) is 48.7 Å². The highest BCUT2D eigenvalue weighted by molar-refractivity contribution is 6.33. The van der Waals surface area contributed by atoms with Crippen LogP contribution in [0.3, 0.4) is 0 Å². The summed E-state index contributed by atoms with van der Waals surface area (Å²) in [5, 5.41) is 3.37. The molecule has 0 saturated carbocycles. The Bertz CT molecular complexity index is 954. The van der Waals surface area contributed by atoms with Crippen LogP contribution in [-0.2, 0) is 6.42 Å². The summed E-state index contributed by atoms with van der Waals surface area (Å²) in [6, 6.07) is 15.4. The second-order valence-electron chi connectivity index (χ2n) is 5.99. The summed E-state index contributed by atoms with van der Waals surface area (Å²) in [6.07, 6.45) is 0.856. The Labute approximate surface area is 145 Å². The molecule has 0 fully saturated rings. The van der Waals surface area contributed by atoms with Gasteiger partial charge in [-0.3, -0.25) is 15.2 Å². The number of nitrogens with one attached hydrogen (secondary N) is 1. The number of pyridine rings is 1. The lowest BCUT2D eigenvalue weighted by Gasteiger charge is -2.20. The number of rotatable bonds is 2. The molecule has 0 aliphatic carbocycles. The third-order valence-corrected chi connectivity index (χ3v) is 4.57. The standard InChI is InChI=1S/C19H16ClN3O/c1-12-6-7-13-11-14-8-9-23(18(14)21-17(13)10-12)22-19(24)15-4-2-3-5-16(15)20/h2-7,10-11H,8-9H2,1H3,(H,22,24). The smallest absolute Gasteiger partial charge is 0.267 e. The molecule has 1 aromatic heterocycles. The highest BCUT2D eigenvalue weighted by Gasteiger charge is 2.24. The van der Waals surface area contributed by atoms with E-state index in [1.165, 1.54) is 5.56 Å². The van der Waals surface area contributed by atoms with Crippen LogP contribution in [0.2, 0.25) is 5.02 Å². The minimum absolute atomic E-state index is 0.223. The maximum absolute atomic E-state index is 12.5. The second-order valence-corrected chi connectivity index (χ2v) is 6.40. The summed E-state index contributed by atoms with van der Waals surface area (Å²) in [6.45, 7) is 2.75. The molecule has 4 nitrogen and oxygen atoms in total. The summed E-state index contributed by atoms with van der Waals surface area (Å²) in [7, 11) is 0. The Morgan fingerprint density at radius 2 is 2.04 bits per heavy atom. The molecule has 1 N–H and O–H groups in total. The van der Waals surface area contributed by atoms with Crippen LogP contribution < -0.4 is 10.4 Å². The van der Waals surface area contributed by atoms with Crippen LogP contribution in [0.25, 0.3) is 10.9 Å². The van der Waals surface area contributed by atoms with Crippen molar-refractivity contribution in [2.75, 3.05) is 11.6 Å². The fraction of sp³-hybridized carbons (Fsp3) is 0.158. The number of carbonyl (C=O) groups excluding carboxylic acids is 1. The Hall–Kier alpha value is -2.59. The molecule has 5 heteroatoms. The molecule has 0 unspecified atom stereocenters. The number of hydrogen-bond donors (Lipinski definition) is 1. The van der Waals surface area contributed by atoms with Crippen molar-refractivity contribution in [3.63, 3.8) is 0 Å². The van der Waals surface area contributed by atoms with Gasteiger partial charge in [-0.1, -0.05) is 35.9 Å². The number of amides is 1. The largest absolute Gasteiger partial charge is 0.271 e. The molecule has 120 valence electrons. The third kappa shape index (κ3) is 2.59. The fourth-order valence-corrected chi connectivity index (χ4v) is 3.23. The van der Waals surface area contributed by atoms with Crippen molar-refractivity contribution in [3.05, 3.63) is 70.2 Å². The first-order valence-electron chi connectivity index (χ1n) is 7.85. The number of hydrazine groups is 1. The molecule has 0 bridgehead atoms. The highest BCUT2D eigenvalue weighted by atomic mass is 35.5. The van der Waals surface area contributed by atoms with Crippen molar-refractivity contribution < 1.29 is 4.79 Å². The molecule has 0 radical (unpaired) electrons. The van der Waals surface area contributed by atoms with Gasteiger partial charge in [0.05, 0.1) is 16.1 Å². The average Bonchev–Trinajstić information content (AvgIpc) is 2.95. The SMILES string of the molecule is Cc1ccc2cc3c(nc2c1)N(NC(=O)c1ccccc1Cl)CC3. The van der Waals surface area contributed by atoms with E-state index in [2.05, 4.69) is 29.7 Å². The van der Waals surface area contributed by atoms with Gasteiger partial charge in [0.15, 0.2) is 5.82 Å². The van der Waals surface area contributed by atoms with Gasteiger partial charge in [0.25, 0.3) is 5.91 Å². The molecule has 2 aromatic carbocycles. The zero-order valence-electron chi connectivity index (χ0n) is 13.2. The van der Waals surface area contributed by atoms with Crippen LogP contribution in [0.5, 0.6) is 0 Å². The number of fused-ring (bicyclic) bond motifs is 2.